The van der Waals surface area contributed by atoms with E-state index in [-0.39, 0.29) is 12.1 Å². The van der Waals surface area contributed by atoms with Crippen molar-refractivity contribution in [2.75, 3.05) is 6.54 Å². The van der Waals surface area contributed by atoms with Gasteiger partial charge < -0.3 is 10.4 Å². The van der Waals surface area contributed by atoms with E-state index in [0.29, 0.717) is 6.42 Å². The Bertz CT molecular complexity index is 438. The lowest BCUT2D eigenvalue weighted by Gasteiger charge is -2.21. The number of alkyl halides is 3. The topological polar surface area (TPSA) is 49.3 Å². The van der Waals surface area contributed by atoms with Crippen LogP contribution in [-0.2, 0) is 6.18 Å². The Morgan fingerprint density at radius 1 is 1.26 bits per heavy atom. The molecule has 6 heteroatoms. The summed E-state index contributed by atoms with van der Waals surface area (Å²) < 4.78 is 37.0. The maximum Gasteiger partial charge on any atom is 0.416 e. The van der Waals surface area contributed by atoms with E-state index < -0.39 is 23.2 Å². The lowest BCUT2D eigenvalue weighted by atomic mass is 10.0. The fourth-order valence-corrected chi connectivity index (χ4v) is 1.31. The van der Waals surface area contributed by atoms with Gasteiger partial charge in [0, 0.05) is 12.1 Å². The minimum Gasteiger partial charge on any atom is -0.388 e. The minimum absolute atomic E-state index is 0.0450. The number of hydrogen-bond acceptors (Lipinski definition) is 2. The summed E-state index contributed by atoms with van der Waals surface area (Å²) in [5.41, 5.74) is -1.70. The van der Waals surface area contributed by atoms with Gasteiger partial charge in [0.05, 0.1) is 11.2 Å². The first-order chi connectivity index (χ1) is 8.65. The van der Waals surface area contributed by atoms with Gasteiger partial charge in [-0.05, 0) is 37.6 Å². The van der Waals surface area contributed by atoms with Gasteiger partial charge in [-0.3, -0.25) is 4.79 Å². The Morgan fingerprint density at radius 2 is 1.79 bits per heavy atom. The van der Waals surface area contributed by atoms with E-state index >= 15 is 0 Å². The van der Waals surface area contributed by atoms with E-state index in [0.717, 1.165) is 24.3 Å². The fraction of sp³-hybridized carbons (Fsp3) is 0.462. The van der Waals surface area contributed by atoms with Crippen molar-refractivity contribution in [3.05, 3.63) is 35.4 Å². The van der Waals surface area contributed by atoms with Crippen molar-refractivity contribution in [1.29, 1.82) is 0 Å². The van der Waals surface area contributed by atoms with E-state index in [1.165, 1.54) is 0 Å². The quantitative estimate of drug-likeness (QED) is 0.887. The molecule has 0 saturated carbocycles. The average molecular weight is 275 g/mol. The molecule has 0 aliphatic rings. The highest BCUT2D eigenvalue weighted by atomic mass is 19.4. The molecule has 0 bridgehead atoms. The van der Waals surface area contributed by atoms with Gasteiger partial charge in [-0.2, -0.15) is 13.2 Å². The zero-order valence-electron chi connectivity index (χ0n) is 10.7. The van der Waals surface area contributed by atoms with Crippen LogP contribution in [0.5, 0.6) is 0 Å². The van der Waals surface area contributed by atoms with Crippen molar-refractivity contribution in [2.24, 2.45) is 0 Å². The number of carbonyl (C=O) groups excluding carboxylic acids is 1. The fourth-order valence-electron chi connectivity index (χ4n) is 1.31. The molecule has 1 aromatic rings. The highest BCUT2D eigenvalue weighted by molar-refractivity contribution is 5.94. The van der Waals surface area contributed by atoms with Crippen molar-refractivity contribution in [3.8, 4) is 0 Å². The first-order valence-electron chi connectivity index (χ1n) is 5.83. The van der Waals surface area contributed by atoms with Crippen LogP contribution in [0.15, 0.2) is 24.3 Å². The van der Waals surface area contributed by atoms with Crippen LogP contribution in [0.1, 0.15) is 36.2 Å². The summed E-state index contributed by atoms with van der Waals surface area (Å²) >= 11 is 0. The highest BCUT2D eigenvalue weighted by Crippen LogP contribution is 2.29. The largest absolute Gasteiger partial charge is 0.416 e. The Hall–Kier alpha value is -1.56. The van der Waals surface area contributed by atoms with E-state index in [4.69, 9.17) is 0 Å². The number of benzene rings is 1. The van der Waals surface area contributed by atoms with Crippen molar-refractivity contribution < 1.29 is 23.1 Å². The SMILES string of the molecule is CCC(C)(O)CNC(=O)c1ccc(C(F)(F)F)cc1. The standard InChI is InChI=1S/C13H16F3NO2/c1-3-12(2,19)8-17-11(18)9-4-6-10(7-5-9)13(14,15)16/h4-7,19H,3,8H2,1-2H3,(H,17,18). The molecule has 0 spiro atoms. The summed E-state index contributed by atoms with van der Waals surface area (Å²) in [6, 6.07) is 3.93. The van der Waals surface area contributed by atoms with E-state index in [9.17, 15) is 23.1 Å². The van der Waals surface area contributed by atoms with Crippen LogP contribution in [0.4, 0.5) is 13.2 Å². The molecule has 1 unspecified atom stereocenters. The van der Waals surface area contributed by atoms with Crippen LogP contribution < -0.4 is 5.32 Å². The third-order valence-corrected chi connectivity index (χ3v) is 2.87. The van der Waals surface area contributed by atoms with Crippen LogP contribution in [-0.4, -0.2) is 23.2 Å². The molecule has 0 aliphatic heterocycles. The van der Waals surface area contributed by atoms with Gasteiger partial charge in [0.15, 0.2) is 0 Å². The molecule has 2 N–H and O–H groups in total. The molecule has 0 radical (unpaired) electrons. The summed E-state index contributed by atoms with van der Waals surface area (Å²) in [7, 11) is 0. The van der Waals surface area contributed by atoms with Gasteiger partial charge in [-0.15, -0.1) is 0 Å². The number of amides is 1. The molecular weight excluding hydrogens is 259 g/mol. The molecule has 19 heavy (non-hydrogen) atoms. The molecule has 0 saturated heterocycles. The van der Waals surface area contributed by atoms with E-state index in [1.807, 2.05) is 0 Å². The van der Waals surface area contributed by atoms with Crippen molar-refractivity contribution in [3.63, 3.8) is 0 Å². The van der Waals surface area contributed by atoms with Crippen LogP contribution in [0.25, 0.3) is 0 Å². The second kappa shape index (κ2) is 5.61. The van der Waals surface area contributed by atoms with E-state index in [1.54, 1.807) is 13.8 Å². The Balaban J connectivity index is 2.69. The minimum atomic E-state index is -4.42. The van der Waals surface area contributed by atoms with Gasteiger partial charge in [0.1, 0.15) is 0 Å². The number of aliphatic hydroxyl groups is 1. The van der Waals surface area contributed by atoms with Gasteiger partial charge in [0.25, 0.3) is 5.91 Å². The van der Waals surface area contributed by atoms with Gasteiger partial charge >= 0.3 is 6.18 Å². The van der Waals surface area contributed by atoms with Gasteiger partial charge in [0.2, 0.25) is 0 Å². The number of halogens is 3. The molecule has 0 aromatic heterocycles. The molecule has 1 rings (SSSR count). The number of nitrogens with one attached hydrogen (secondary N) is 1. The molecule has 0 aliphatic carbocycles. The predicted octanol–water partition coefficient (Wildman–Crippen LogP) is 2.60. The molecule has 3 nitrogen and oxygen atoms in total. The Kier molecular flexibility index (Phi) is 4.57. The van der Waals surface area contributed by atoms with E-state index in [2.05, 4.69) is 5.32 Å². The predicted molar refractivity (Wildman–Crippen MR) is 64.7 cm³/mol. The molecule has 1 atom stereocenters. The third-order valence-electron chi connectivity index (χ3n) is 2.87. The first-order valence-corrected chi connectivity index (χ1v) is 5.83. The zero-order chi connectivity index (χ0) is 14.7. The Labute approximate surface area is 109 Å². The summed E-state index contributed by atoms with van der Waals surface area (Å²) in [6.07, 6.45) is -3.96. The summed E-state index contributed by atoms with van der Waals surface area (Å²) in [5, 5.41) is 12.2. The maximum absolute atomic E-state index is 12.3. The second-order valence-corrected chi connectivity index (χ2v) is 4.61. The number of hydrogen-bond donors (Lipinski definition) is 2. The van der Waals surface area contributed by atoms with Gasteiger partial charge in [-0.25, -0.2) is 0 Å². The molecule has 0 heterocycles. The maximum atomic E-state index is 12.3. The molecule has 1 amide bonds. The Morgan fingerprint density at radius 3 is 2.21 bits per heavy atom. The molecule has 1 aromatic carbocycles. The second-order valence-electron chi connectivity index (χ2n) is 4.61. The molecular formula is C13H16F3NO2. The van der Waals surface area contributed by atoms with Crippen molar-refractivity contribution in [2.45, 2.75) is 32.0 Å². The lowest BCUT2D eigenvalue weighted by molar-refractivity contribution is -0.137. The first kappa shape index (κ1) is 15.5. The third kappa shape index (κ3) is 4.55. The van der Waals surface area contributed by atoms with Crippen LogP contribution in [0.3, 0.4) is 0 Å². The zero-order valence-corrected chi connectivity index (χ0v) is 10.7. The summed E-state index contributed by atoms with van der Waals surface area (Å²) in [5.74, 6) is -0.512. The molecule has 0 fully saturated rings. The smallest absolute Gasteiger partial charge is 0.388 e. The normalized spacial score (nSPS) is 14.8. The van der Waals surface area contributed by atoms with Crippen LogP contribution in [0.2, 0.25) is 0 Å². The summed E-state index contributed by atoms with van der Waals surface area (Å²) in [6.45, 7) is 3.38. The molecule has 106 valence electrons. The lowest BCUT2D eigenvalue weighted by Crippen LogP contribution is -2.40. The van der Waals surface area contributed by atoms with Crippen LogP contribution in [0, 0.1) is 0 Å². The van der Waals surface area contributed by atoms with Gasteiger partial charge in [-0.1, -0.05) is 6.92 Å². The number of carbonyl (C=O) groups is 1. The summed E-state index contributed by atoms with van der Waals surface area (Å²) in [4.78, 5) is 11.7. The monoisotopic (exact) mass is 275 g/mol. The number of rotatable bonds is 4. The average Bonchev–Trinajstić information content (AvgIpc) is 2.35. The van der Waals surface area contributed by atoms with Crippen LogP contribution >= 0.6 is 0 Å². The highest BCUT2D eigenvalue weighted by Gasteiger charge is 2.30. The van der Waals surface area contributed by atoms with Crippen molar-refractivity contribution in [1.82, 2.24) is 5.32 Å². The van der Waals surface area contributed by atoms with Crippen molar-refractivity contribution >= 4 is 5.91 Å².